The number of rotatable bonds is 4. The fourth-order valence-electron chi connectivity index (χ4n) is 2.12. The van der Waals surface area contributed by atoms with Gasteiger partial charge in [-0.3, -0.25) is 4.79 Å². The summed E-state index contributed by atoms with van der Waals surface area (Å²) in [6.45, 7) is 10.5. The van der Waals surface area contributed by atoms with Gasteiger partial charge in [-0.25, -0.2) is 0 Å². The van der Waals surface area contributed by atoms with E-state index in [0.717, 1.165) is 28.9 Å². The van der Waals surface area contributed by atoms with Gasteiger partial charge in [-0.15, -0.1) is 0 Å². The molecule has 0 N–H and O–H groups in total. The molecule has 0 aliphatic heterocycles. The van der Waals surface area contributed by atoms with E-state index >= 15 is 0 Å². The van der Waals surface area contributed by atoms with Crippen LogP contribution in [0.15, 0.2) is 12.1 Å². The van der Waals surface area contributed by atoms with Crippen molar-refractivity contribution in [1.82, 2.24) is 0 Å². The lowest BCUT2D eigenvalue weighted by molar-refractivity contribution is 0.0978. The van der Waals surface area contributed by atoms with E-state index in [0.29, 0.717) is 6.42 Å². The third kappa shape index (κ3) is 3.12. The smallest absolute Gasteiger partial charge is 0.166 e. The predicted octanol–water partition coefficient (Wildman–Crippen LogP) is 4.28. The Bertz CT molecular complexity index is 439. The topological polar surface area (TPSA) is 26.3 Å². The zero-order valence-electron chi connectivity index (χ0n) is 12.4. The van der Waals surface area contributed by atoms with E-state index in [2.05, 4.69) is 26.8 Å². The lowest BCUT2D eigenvalue weighted by Gasteiger charge is -2.24. The monoisotopic (exact) mass is 248 g/mol. The number of hydrogen-bond acceptors (Lipinski definition) is 2. The van der Waals surface area contributed by atoms with Gasteiger partial charge in [0, 0.05) is 12.0 Å². The molecule has 100 valence electrons. The van der Waals surface area contributed by atoms with Crippen LogP contribution < -0.4 is 4.74 Å². The quantitative estimate of drug-likeness (QED) is 0.743. The molecule has 2 nitrogen and oxygen atoms in total. The van der Waals surface area contributed by atoms with Gasteiger partial charge in [0.05, 0.1) is 12.7 Å². The highest BCUT2D eigenvalue weighted by Crippen LogP contribution is 2.35. The Morgan fingerprint density at radius 2 is 1.89 bits per heavy atom. The average Bonchev–Trinajstić information content (AvgIpc) is 2.27. The van der Waals surface area contributed by atoms with Gasteiger partial charge in [0.1, 0.15) is 5.75 Å². The van der Waals surface area contributed by atoms with Gasteiger partial charge in [0.2, 0.25) is 0 Å². The van der Waals surface area contributed by atoms with Crippen molar-refractivity contribution in [2.45, 2.75) is 52.9 Å². The summed E-state index contributed by atoms with van der Waals surface area (Å²) in [4.78, 5) is 12.2. The van der Waals surface area contributed by atoms with E-state index in [-0.39, 0.29) is 11.2 Å². The van der Waals surface area contributed by atoms with Crippen LogP contribution in [-0.4, -0.2) is 12.9 Å². The highest BCUT2D eigenvalue weighted by atomic mass is 16.5. The number of carbonyl (C=O) groups excluding carboxylic acids is 1. The Morgan fingerprint density at radius 3 is 2.33 bits per heavy atom. The van der Waals surface area contributed by atoms with E-state index in [1.54, 1.807) is 7.11 Å². The fourth-order valence-corrected chi connectivity index (χ4v) is 2.12. The van der Waals surface area contributed by atoms with Crippen LogP contribution in [0.4, 0.5) is 0 Å². The van der Waals surface area contributed by atoms with Crippen molar-refractivity contribution >= 4 is 5.78 Å². The zero-order chi connectivity index (χ0) is 13.9. The lowest BCUT2D eigenvalue weighted by atomic mass is 9.83. The molecule has 0 aromatic heterocycles. The summed E-state index contributed by atoms with van der Waals surface area (Å²) in [5.41, 5.74) is 2.91. The normalized spacial score (nSPS) is 11.4. The average molecular weight is 248 g/mol. The third-order valence-corrected chi connectivity index (χ3v) is 3.02. The number of ether oxygens (including phenoxy) is 1. The molecule has 0 atom stereocenters. The second-order valence-corrected chi connectivity index (χ2v) is 5.82. The van der Waals surface area contributed by atoms with E-state index in [1.165, 1.54) is 0 Å². The van der Waals surface area contributed by atoms with Gasteiger partial charge in [-0.1, -0.05) is 33.8 Å². The number of methoxy groups -OCH3 is 1. The maximum absolute atomic E-state index is 12.2. The molecule has 0 saturated carbocycles. The van der Waals surface area contributed by atoms with Gasteiger partial charge in [-0.2, -0.15) is 0 Å². The molecule has 18 heavy (non-hydrogen) atoms. The largest absolute Gasteiger partial charge is 0.496 e. The predicted molar refractivity (Wildman–Crippen MR) is 75.7 cm³/mol. The highest BCUT2D eigenvalue weighted by Gasteiger charge is 2.24. The van der Waals surface area contributed by atoms with Crippen molar-refractivity contribution in [3.8, 4) is 5.75 Å². The molecule has 0 unspecified atom stereocenters. The summed E-state index contributed by atoms with van der Waals surface area (Å²) in [5.74, 6) is 0.912. The van der Waals surface area contributed by atoms with Crippen LogP contribution in [-0.2, 0) is 5.41 Å². The summed E-state index contributed by atoms with van der Waals surface area (Å²) in [6, 6.07) is 4.05. The summed E-state index contributed by atoms with van der Waals surface area (Å²) >= 11 is 0. The molecular weight excluding hydrogens is 224 g/mol. The molecule has 2 heteroatoms. The molecule has 0 aliphatic rings. The van der Waals surface area contributed by atoms with Gasteiger partial charge >= 0.3 is 0 Å². The van der Waals surface area contributed by atoms with E-state index in [9.17, 15) is 4.79 Å². The molecule has 0 saturated heterocycles. The minimum absolute atomic E-state index is 0.0292. The maximum atomic E-state index is 12.2. The Balaban J connectivity index is 3.43. The number of aryl methyl sites for hydroxylation is 1. The van der Waals surface area contributed by atoms with E-state index < -0.39 is 0 Å². The minimum atomic E-state index is -0.0292. The van der Waals surface area contributed by atoms with Crippen LogP contribution >= 0.6 is 0 Å². The molecule has 1 rings (SSSR count). The second-order valence-electron chi connectivity index (χ2n) is 5.82. The van der Waals surface area contributed by atoms with E-state index in [1.807, 2.05) is 19.9 Å². The lowest BCUT2D eigenvalue weighted by Crippen LogP contribution is -2.16. The van der Waals surface area contributed by atoms with Crippen molar-refractivity contribution in [2.24, 2.45) is 0 Å². The first-order chi connectivity index (χ1) is 8.31. The zero-order valence-corrected chi connectivity index (χ0v) is 12.4. The van der Waals surface area contributed by atoms with Crippen LogP contribution in [0, 0.1) is 6.92 Å². The molecule has 0 aliphatic carbocycles. The molecule has 0 bridgehead atoms. The van der Waals surface area contributed by atoms with Crippen LogP contribution in [0.1, 0.15) is 62.0 Å². The molecular formula is C16H24O2. The van der Waals surface area contributed by atoms with E-state index in [4.69, 9.17) is 4.74 Å². The summed E-state index contributed by atoms with van der Waals surface area (Å²) in [5, 5.41) is 0. The minimum Gasteiger partial charge on any atom is -0.496 e. The Morgan fingerprint density at radius 1 is 1.28 bits per heavy atom. The first kappa shape index (κ1) is 14.7. The standard InChI is InChI=1S/C16H24O2/c1-7-8-14(17)12-9-11(2)10-13(15(12)18-6)16(3,4)5/h9-10H,7-8H2,1-6H3. The van der Waals surface area contributed by atoms with Crippen LogP contribution in [0.2, 0.25) is 0 Å². The van der Waals surface area contributed by atoms with Crippen LogP contribution in [0.5, 0.6) is 5.75 Å². The van der Waals surface area contributed by atoms with Crippen molar-refractivity contribution in [3.05, 3.63) is 28.8 Å². The molecule has 0 amide bonds. The Kier molecular flexibility index (Phi) is 4.55. The Labute approximate surface area is 110 Å². The number of ketones is 1. The molecule has 0 fully saturated rings. The second kappa shape index (κ2) is 5.55. The van der Waals surface area contributed by atoms with Crippen molar-refractivity contribution < 1.29 is 9.53 Å². The Hall–Kier alpha value is -1.31. The molecule has 0 spiro atoms. The number of Topliss-reactive ketones (excluding diaryl/α,β-unsaturated/α-hetero) is 1. The summed E-state index contributed by atoms with van der Waals surface area (Å²) in [6.07, 6.45) is 1.43. The fraction of sp³-hybridized carbons (Fsp3) is 0.562. The van der Waals surface area contributed by atoms with Gasteiger partial charge in [-0.05, 0) is 30.4 Å². The van der Waals surface area contributed by atoms with Gasteiger partial charge < -0.3 is 4.74 Å². The van der Waals surface area contributed by atoms with Gasteiger partial charge in [0.15, 0.2) is 5.78 Å². The highest BCUT2D eigenvalue weighted by molar-refractivity contribution is 5.99. The maximum Gasteiger partial charge on any atom is 0.166 e. The third-order valence-electron chi connectivity index (χ3n) is 3.02. The molecule has 0 radical (unpaired) electrons. The molecule has 0 heterocycles. The first-order valence-corrected chi connectivity index (χ1v) is 6.53. The van der Waals surface area contributed by atoms with Crippen LogP contribution in [0.25, 0.3) is 0 Å². The van der Waals surface area contributed by atoms with Crippen molar-refractivity contribution in [2.75, 3.05) is 7.11 Å². The van der Waals surface area contributed by atoms with Crippen molar-refractivity contribution in [1.29, 1.82) is 0 Å². The van der Waals surface area contributed by atoms with Crippen molar-refractivity contribution in [3.63, 3.8) is 0 Å². The van der Waals surface area contributed by atoms with Crippen LogP contribution in [0.3, 0.4) is 0 Å². The number of carbonyl (C=O) groups is 1. The number of benzene rings is 1. The molecule has 1 aromatic carbocycles. The SMILES string of the molecule is CCCC(=O)c1cc(C)cc(C(C)(C)C)c1OC. The summed E-state index contributed by atoms with van der Waals surface area (Å²) < 4.78 is 5.50. The molecule has 1 aromatic rings. The number of hydrogen-bond donors (Lipinski definition) is 0. The summed E-state index contributed by atoms with van der Waals surface area (Å²) in [7, 11) is 1.64. The van der Waals surface area contributed by atoms with Gasteiger partial charge in [0.25, 0.3) is 0 Å². The first-order valence-electron chi connectivity index (χ1n) is 6.53.